The normalized spacial score (nSPS) is 27.0. The lowest BCUT2D eigenvalue weighted by atomic mass is 9.73. The van der Waals surface area contributed by atoms with E-state index in [1.807, 2.05) is 52.0 Å². The maximum absolute atomic E-state index is 12.7. The van der Waals surface area contributed by atoms with Crippen LogP contribution >= 0.6 is 0 Å². The van der Waals surface area contributed by atoms with Gasteiger partial charge in [0.2, 0.25) is 5.60 Å². The standard InChI is InChI=1S/C17H22O3/c1-12-6-8-13(9-7-12)17(14(18)19-15(2,3)4)16(20-17)10-5-11-16/h6-9H,5,10-11H2,1-4H3. The average molecular weight is 274 g/mol. The number of hydrogen-bond donors (Lipinski definition) is 0. The summed E-state index contributed by atoms with van der Waals surface area (Å²) in [6, 6.07) is 8.03. The van der Waals surface area contributed by atoms with Gasteiger partial charge in [-0.05, 0) is 52.5 Å². The molecule has 0 aromatic heterocycles. The van der Waals surface area contributed by atoms with Gasteiger partial charge in [-0.25, -0.2) is 4.79 Å². The molecule has 1 atom stereocenters. The zero-order chi connectivity index (χ0) is 14.6. The molecule has 1 aromatic rings. The Morgan fingerprint density at radius 3 is 2.20 bits per heavy atom. The number of hydrogen-bond acceptors (Lipinski definition) is 3. The Balaban J connectivity index is 1.95. The van der Waals surface area contributed by atoms with Crippen LogP contribution in [0.4, 0.5) is 0 Å². The van der Waals surface area contributed by atoms with Gasteiger partial charge < -0.3 is 9.47 Å². The second kappa shape index (κ2) is 4.08. The Kier molecular flexibility index (Phi) is 2.78. The van der Waals surface area contributed by atoms with Crippen molar-refractivity contribution in [3.8, 4) is 0 Å². The molecule has 0 N–H and O–H groups in total. The highest BCUT2D eigenvalue weighted by Crippen LogP contribution is 2.66. The fourth-order valence-electron chi connectivity index (χ4n) is 3.03. The molecule has 1 unspecified atom stereocenters. The predicted octanol–water partition coefficient (Wildman–Crippen LogP) is 3.48. The second-order valence-corrected chi connectivity index (χ2v) is 7.00. The van der Waals surface area contributed by atoms with E-state index in [0.717, 1.165) is 24.8 Å². The van der Waals surface area contributed by atoms with Crippen LogP contribution in [0.3, 0.4) is 0 Å². The molecule has 0 bridgehead atoms. The van der Waals surface area contributed by atoms with Crippen molar-refractivity contribution in [1.82, 2.24) is 0 Å². The molecule has 0 amide bonds. The molecule has 3 nitrogen and oxygen atoms in total. The third-order valence-electron chi connectivity index (χ3n) is 4.25. The monoisotopic (exact) mass is 274 g/mol. The predicted molar refractivity (Wildman–Crippen MR) is 76.4 cm³/mol. The van der Waals surface area contributed by atoms with Gasteiger partial charge in [0.25, 0.3) is 0 Å². The Bertz CT molecular complexity index is 534. The lowest BCUT2D eigenvalue weighted by Gasteiger charge is -2.28. The Labute approximate surface area is 120 Å². The molecule has 2 aliphatic rings. The summed E-state index contributed by atoms with van der Waals surface area (Å²) in [6.07, 6.45) is 3.01. The topological polar surface area (TPSA) is 38.8 Å². The van der Waals surface area contributed by atoms with E-state index in [-0.39, 0.29) is 11.6 Å². The molecule has 1 aliphatic carbocycles. The fourth-order valence-corrected chi connectivity index (χ4v) is 3.03. The molecular weight excluding hydrogens is 252 g/mol. The first kappa shape index (κ1) is 13.6. The zero-order valence-corrected chi connectivity index (χ0v) is 12.7. The van der Waals surface area contributed by atoms with Crippen LogP contribution in [0.25, 0.3) is 0 Å². The number of epoxide rings is 1. The second-order valence-electron chi connectivity index (χ2n) is 7.00. The van der Waals surface area contributed by atoms with E-state index in [9.17, 15) is 4.79 Å². The lowest BCUT2D eigenvalue weighted by Crippen LogP contribution is -2.40. The minimum absolute atomic E-state index is 0.242. The van der Waals surface area contributed by atoms with Crippen LogP contribution in [0, 0.1) is 6.92 Å². The minimum atomic E-state index is -0.869. The number of carbonyl (C=O) groups excluding carboxylic acids is 1. The first-order valence-electron chi connectivity index (χ1n) is 7.30. The number of rotatable bonds is 2. The molecule has 3 heteroatoms. The molecule has 1 heterocycles. The van der Waals surface area contributed by atoms with Crippen molar-refractivity contribution in [2.24, 2.45) is 0 Å². The smallest absolute Gasteiger partial charge is 0.346 e. The molecule has 3 rings (SSSR count). The highest BCUT2D eigenvalue weighted by atomic mass is 16.7. The molecule has 108 valence electrons. The maximum Gasteiger partial charge on any atom is 0.346 e. The van der Waals surface area contributed by atoms with Crippen LogP contribution in [0.15, 0.2) is 24.3 Å². The lowest BCUT2D eigenvalue weighted by molar-refractivity contribution is -0.162. The van der Waals surface area contributed by atoms with Crippen molar-refractivity contribution in [1.29, 1.82) is 0 Å². The number of aryl methyl sites for hydroxylation is 1. The number of benzene rings is 1. The molecule has 1 saturated heterocycles. The fraction of sp³-hybridized carbons (Fsp3) is 0.588. The minimum Gasteiger partial charge on any atom is -0.457 e. The van der Waals surface area contributed by atoms with Crippen molar-refractivity contribution in [3.63, 3.8) is 0 Å². The molecule has 20 heavy (non-hydrogen) atoms. The third-order valence-corrected chi connectivity index (χ3v) is 4.25. The van der Waals surface area contributed by atoms with Crippen molar-refractivity contribution in [2.75, 3.05) is 0 Å². The summed E-state index contributed by atoms with van der Waals surface area (Å²) in [5.41, 5.74) is 0.441. The Morgan fingerprint density at radius 2 is 1.80 bits per heavy atom. The SMILES string of the molecule is Cc1ccc(C2(C(=O)OC(C)(C)C)OC23CCC3)cc1. The van der Waals surface area contributed by atoms with Crippen molar-refractivity contribution < 1.29 is 14.3 Å². The number of esters is 1. The van der Waals surface area contributed by atoms with Crippen LogP contribution in [0.2, 0.25) is 0 Å². The van der Waals surface area contributed by atoms with E-state index >= 15 is 0 Å². The van der Waals surface area contributed by atoms with Gasteiger partial charge in [-0.15, -0.1) is 0 Å². The van der Waals surface area contributed by atoms with Gasteiger partial charge in [-0.2, -0.15) is 0 Å². The largest absolute Gasteiger partial charge is 0.457 e. The van der Waals surface area contributed by atoms with Crippen LogP contribution in [-0.2, 0) is 19.9 Å². The summed E-state index contributed by atoms with van der Waals surface area (Å²) >= 11 is 0. The molecule has 1 saturated carbocycles. The van der Waals surface area contributed by atoms with E-state index in [1.165, 1.54) is 5.56 Å². The summed E-state index contributed by atoms with van der Waals surface area (Å²) in [5, 5.41) is 0. The summed E-state index contributed by atoms with van der Waals surface area (Å²) in [4.78, 5) is 12.7. The molecule has 2 fully saturated rings. The maximum atomic E-state index is 12.7. The third kappa shape index (κ3) is 1.87. The van der Waals surface area contributed by atoms with Gasteiger partial charge in [-0.1, -0.05) is 29.8 Å². The highest BCUT2D eigenvalue weighted by Gasteiger charge is 2.78. The van der Waals surface area contributed by atoms with E-state index in [2.05, 4.69) is 0 Å². The van der Waals surface area contributed by atoms with E-state index in [4.69, 9.17) is 9.47 Å². The first-order valence-corrected chi connectivity index (χ1v) is 7.30. The van der Waals surface area contributed by atoms with Gasteiger partial charge in [0.05, 0.1) is 0 Å². The van der Waals surface area contributed by atoms with Crippen molar-refractivity contribution in [3.05, 3.63) is 35.4 Å². The summed E-state index contributed by atoms with van der Waals surface area (Å²) in [6.45, 7) is 7.72. The molecule has 1 aliphatic heterocycles. The summed E-state index contributed by atoms with van der Waals surface area (Å²) in [5.74, 6) is -0.242. The van der Waals surface area contributed by atoms with E-state index in [0.29, 0.717) is 0 Å². The van der Waals surface area contributed by atoms with Gasteiger partial charge in [0.15, 0.2) is 0 Å². The summed E-state index contributed by atoms with van der Waals surface area (Å²) in [7, 11) is 0. The van der Waals surface area contributed by atoms with Crippen molar-refractivity contribution >= 4 is 5.97 Å². The van der Waals surface area contributed by atoms with Gasteiger partial charge in [0.1, 0.15) is 11.2 Å². The van der Waals surface area contributed by atoms with Gasteiger partial charge in [0, 0.05) is 0 Å². The molecule has 1 aromatic carbocycles. The molecule has 0 radical (unpaired) electrons. The Hall–Kier alpha value is -1.35. The zero-order valence-electron chi connectivity index (χ0n) is 12.7. The summed E-state index contributed by atoms with van der Waals surface area (Å²) < 4.78 is 11.6. The number of carbonyl (C=O) groups is 1. The Morgan fingerprint density at radius 1 is 1.20 bits per heavy atom. The van der Waals surface area contributed by atoms with Crippen LogP contribution < -0.4 is 0 Å². The average Bonchev–Trinajstić information content (AvgIpc) is 2.99. The molecule has 1 spiro atoms. The van der Waals surface area contributed by atoms with Gasteiger partial charge >= 0.3 is 5.97 Å². The van der Waals surface area contributed by atoms with E-state index < -0.39 is 11.2 Å². The molecular formula is C17H22O3. The van der Waals surface area contributed by atoms with Crippen LogP contribution in [0.1, 0.15) is 51.2 Å². The highest BCUT2D eigenvalue weighted by molar-refractivity contribution is 5.87. The van der Waals surface area contributed by atoms with Crippen molar-refractivity contribution in [2.45, 2.75) is 63.8 Å². The quantitative estimate of drug-likeness (QED) is 0.612. The first-order chi connectivity index (χ1) is 9.29. The van der Waals surface area contributed by atoms with Crippen LogP contribution in [-0.4, -0.2) is 17.2 Å². The van der Waals surface area contributed by atoms with Crippen LogP contribution in [0.5, 0.6) is 0 Å². The number of ether oxygens (including phenoxy) is 2. The van der Waals surface area contributed by atoms with Gasteiger partial charge in [-0.3, -0.25) is 0 Å². The van der Waals surface area contributed by atoms with E-state index in [1.54, 1.807) is 0 Å².